The molecule has 1 heterocycles. The highest BCUT2D eigenvalue weighted by Crippen LogP contribution is 2.22. The number of carboxylic acid groups (broad SMARTS) is 1. The summed E-state index contributed by atoms with van der Waals surface area (Å²) in [7, 11) is 0. The van der Waals surface area contributed by atoms with E-state index in [0.29, 0.717) is 5.92 Å². The lowest BCUT2D eigenvalue weighted by Crippen LogP contribution is -2.21. The summed E-state index contributed by atoms with van der Waals surface area (Å²) in [5.74, 6) is -0.205. The minimum Gasteiger partial charge on any atom is -0.481 e. The Hall–Kier alpha value is -1.39. The Morgan fingerprint density at radius 3 is 2.74 bits per heavy atom. The van der Waals surface area contributed by atoms with Crippen LogP contribution in [0.3, 0.4) is 0 Å². The van der Waals surface area contributed by atoms with Gasteiger partial charge in [0.1, 0.15) is 0 Å². The van der Waals surface area contributed by atoms with Gasteiger partial charge < -0.3 is 10.2 Å². The Kier molecular flexibility index (Phi) is 4.93. The van der Waals surface area contributed by atoms with E-state index < -0.39 is 5.97 Å². The van der Waals surface area contributed by atoms with E-state index in [1.165, 1.54) is 0 Å². The van der Waals surface area contributed by atoms with E-state index in [2.05, 4.69) is 4.90 Å². The maximum Gasteiger partial charge on any atom is 0.307 e. The minimum atomic E-state index is -0.785. The van der Waals surface area contributed by atoms with Crippen molar-refractivity contribution in [2.24, 2.45) is 5.92 Å². The molecular formula is C15H21NO3. The molecule has 0 aliphatic carbocycles. The molecule has 0 amide bonds. The first kappa shape index (κ1) is 14.0. The smallest absolute Gasteiger partial charge is 0.307 e. The number of benzene rings is 1. The number of aliphatic hydroxyl groups excluding tert-OH is 1. The van der Waals surface area contributed by atoms with Crippen LogP contribution in [0.2, 0.25) is 0 Å². The largest absolute Gasteiger partial charge is 0.481 e. The summed E-state index contributed by atoms with van der Waals surface area (Å²) in [6.45, 7) is 3.10. The third-order valence-corrected chi connectivity index (χ3v) is 3.76. The number of carboxylic acids is 1. The first-order valence-corrected chi connectivity index (χ1v) is 6.81. The van der Waals surface area contributed by atoms with Crippen molar-refractivity contribution >= 4 is 5.97 Å². The quantitative estimate of drug-likeness (QED) is 0.817. The van der Waals surface area contributed by atoms with Crippen molar-refractivity contribution in [3.63, 3.8) is 0 Å². The molecule has 1 saturated heterocycles. The minimum absolute atomic E-state index is 0.0874. The van der Waals surface area contributed by atoms with E-state index in [4.69, 9.17) is 10.2 Å². The molecule has 0 saturated carbocycles. The summed E-state index contributed by atoms with van der Waals surface area (Å²) in [6, 6.07) is 7.75. The second kappa shape index (κ2) is 6.68. The number of hydrogen-bond acceptors (Lipinski definition) is 3. The average molecular weight is 263 g/mol. The zero-order chi connectivity index (χ0) is 13.7. The van der Waals surface area contributed by atoms with E-state index in [1.807, 2.05) is 24.3 Å². The first-order chi connectivity index (χ1) is 9.19. The summed E-state index contributed by atoms with van der Waals surface area (Å²) in [6.07, 6.45) is 2.08. The number of aliphatic carboxylic acids is 1. The monoisotopic (exact) mass is 263 g/mol. The molecule has 0 spiro atoms. The van der Waals surface area contributed by atoms with E-state index >= 15 is 0 Å². The summed E-state index contributed by atoms with van der Waals surface area (Å²) < 4.78 is 0. The molecule has 4 nitrogen and oxygen atoms in total. The van der Waals surface area contributed by atoms with Gasteiger partial charge in [0, 0.05) is 19.7 Å². The van der Waals surface area contributed by atoms with Gasteiger partial charge in [-0.05, 0) is 36.4 Å². The summed E-state index contributed by atoms with van der Waals surface area (Å²) in [4.78, 5) is 13.2. The molecule has 104 valence electrons. The number of rotatable bonds is 6. The molecule has 2 N–H and O–H groups in total. The highest BCUT2D eigenvalue weighted by atomic mass is 16.4. The summed E-state index contributed by atoms with van der Waals surface area (Å²) in [5, 5.41) is 17.9. The molecule has 1 fully saturated rings. The zero-order valence-corrected chi connectivity index (χ0v) is 11.1. The van der Waals surface area contributed by atoms with Crippen molar-refractivity contribution in [1.82, 2.24) is 4.90 Å². The Morgan fingerprint density at radius 1 is 1.32 bits per heavy atom. The predicted molar refractivity (Wildman–Crippen MR) is 72.9 cm³/mol. The number of nitrogens with zero attached hydrogens (tertiary/aromatic N) is 1. The Balaban J connectivity index is 1.97. The van der Waals surface area contributed by atoms with E-state index in [9.17, 15) is 4.79 Å². The molecule has 2 rings (SSSR count). The van der Waals surface area contributed by atoms with Gasteiger partial charge in [-0.2, -0.15) is 0 Å². The van der Waals surface area contributed by atoms with Gasteiger partial charge >= 0.3 is 5.97 Å². The Bertz CT molecular complexity index is 433. The molecule has 1 aliphatic rings. The van der Waals surface area contributed by atoms with Gasteiger partial charge in [-0.25, -0.2) is 0 Å². The third kappa shape index (κ3) is 4.04. The zero-order valence-electron chi connectivity index (χ0n) is 11.1. The maximum atomic E-state index is 10.9. The molecule has 1 atom stereocenters. The lowest BCUT2D eigenvalue weighted by molar-refractivity contribution is -0.136. The van der Waals surface area contributed by atoms with Crippen LogP contribution in [0.15, 0.2) is 24.3 Å². The number of carbonyl (C=O) groups is 1. The van der Waals surface area contributed by atoms with E-state index in [-0.39, 0.29) is 13.0 Å². The number of hydrogen-bond donors (Lipinski definition) is 2. The molecule has 1 aromatic carbocycles. The van der Waals surface area contributed by atoms with Crippen LogP contribution in [-0.4, -0.2) is 40.8 Å². The lowest BCUT2D eigenvalue weighted by atomic mass is 10.0. The van der Waals surface area contributed by atoms with Gasteiger partial charge in [-0.1, -0.05) is 24.3 Å². The highest BCUT2D eigenvalue weighted by Gasteiger charge is 2.22. The van der Waals surface area contributed by atoms with Gasteiger partial charge in [0.25, 0.3) is 0 Å². The van der Waals surface area contributed by atoms with Crippen LogP contribution < -0.4 is 0 Å². The number of likely N-dealkylation sites (tertiary alicyclic amines) is 1. The molecule has 0 radical (unpaired) electrons. The normalized spacial score (nSPS) is 19.7. The molecule has 1 unspecified atom stereocenters. The standard InChI is InChI=1S/C15H21NO3/c17-8-6-12-5-7-16(10-12)11-14-4-2-1-3-13(14)9-15(18)19/h1-4,12,17H,5-11H2,(H,18,19). The van der Waals surface area contributed by atoms with Crippen LogP contribution in [0.25, 0.3) is 0 Å². The highest BCUT2D eigenvalue weighted by molar-refractivity contribution is 5.70. The SMILES string of the molecule is O=C(O)Cc1ccccc1CN1CCC(CCO)C1. The van der Waals surface area contributed by atoms with Crippen LogP contribution in [0.1, 0.15) is 24.0 Å². The van der Waals surface area contributed by atoms with Crippen molar-refractivity contribution in [1.29, 1.82) is 0 Å². The first-order valence-electron chi connectivity index (χ1n) is 6.81. The van der Waals surface area contributed by atoms with Crippen molar-refractivity contribution in [3.05, 3.63) is 35.4 Å². The molecule has 1 aliphatic heterocycles. The van der Waals surface area contributed by atoms with Crippen molar-refractivity contribution in [3.8, 4) is 0 Å². The Labute approximate surface area is 113 Å². The van der Waals surface area contributed by atoms with Gasteiger partial charge in [0.2, 0.25) is 0 Å². The fraction of sp³-hybridized carbons (Fsp3) is 0.533. The van der Waals surface area contributed by atoms with Crippen LogP contribution in [-0.2, 0) is 17.8 Å². The molecule has 1 aromatic rings. The van der Waals surface area contributed by atoms with Gasteiger partial charge in [-0.3, -0.25) is 9.69 Å². The average Bonchev–Trinajstić information content (AvgIpc) is 2.79. The lowest BCUT2D eigenvalue weighted by Gasteiger charge is -2.18. The molecule has 0 aromatic heterocycles. The van der Waals surface area contributed by atoms with Crippen molar-refractivity contribution < 1.29 is 15.0 Å². The van der Waals surface area contributed by atoms with Crippen molar-refractivity contribution in [2.45, 2.75) is 25.8 Å². The van der Waals surface area contributed by atoms with E-state index in [0.717, 1.165) is 43.6 Å². The van der Waals surface area contributed by atoms with Crippen LogP contribution in [0.4, 0.5) is 0 Å². The van der Waals surface area contributed by atoms with Crippen LogP contribution in [0, 0.1) is 5.92 Å². The molecule has 4 heteroatoms. The summed E-state index contributed by atoms with van der Waals surface area (Å²) >= 11 is 0. The second-order valence-corrected chi connectivity index (χ2v) is 5.24. The second-order valence-electron chi connectivity index (χ2n) is 5.24. The van der Waals surface area contributed by atoms with E-state index in [1.54, 1.807) is 0 Å². The predicted octanol–water partition coefficient (Wildman–Crippen LogP) is 1.52. The maximum absolute atomic E-state index is 10.9. The number of aliphatic hydroxyl groups is 1. The molecule has 19 heavy (non-hydrogen) atoms. The molecule has 0 bridgehead atoms. The van der Waals surface area contributed by atoms with Gasteiger partial charge in [0.15, 0.2) is 0 Å². The Morgan fingerprint density at radius 2 is 2.05 bits per heavy atom. The topological polar surface area (TPSA) is 60.8 Å². The third-order valence-electron chi connectivity index (χ3n) is 3.76. The fourth-order valence-electron chi connectivity index (χ4n) is 2.76. The van der Waals surface area contributed by atoms with Gasteiger partial charge in [-0.15, -0.1) is 0 Å². The fourth-order valence-corrected chi connectivity index (χ4v) is 2.76. The van der Waals surface area contributed by atoms with Crippen molar-refractivity contribution in [2.75, 3.05) is 19.7 Å². The van der Waals surface area contributed by atoms with Gasteiger partial charge in [0.05, 0.1) is 6.42 Å². The van der Waals surface area contributed by atoms with Crippen LogP contribution >= 0.6 is 0 Å². The molecular weight excluding hydrogens is 242 g/mol. The summed E-state index contributed by atoms with van der Waals surface area (Å²) in [5.41, 5.74) is 2.01. The van der Waals surface area contributed by atoms with Crippen LogP contribution in [0.5, 0.6) is 0 Å².